The van der Waals surface area contributed by atoms with Gasteiger partial charge in [-0.1, -0.05) is 24.3 Å². The molecule has 0 saturated heterocycles. The van der Waals surface area contributed by atoms with Gasteiger partial charge in [-0.3, -0.25) is 0 Å². The molecule has 1 unspecified atom stereocenters. The van der Waals surface area contributed by atoms with Crippen molar-refractivity contribution in [3.63, 3.8) is 0 Å². The quantitative estimate of drug-likeness (QED) is 0.530. The van der Waals surface area contributed by atoms with Gasteiger partial charge in [-0.25, -0.2) is 4.39 Å². The molecule has 124 valence electrons. The summed E-state index contributed by atoms with van der Waals surface area (Å²) < 4.78 is 20.3. The highest BCUT2D eigenvalue weighted by Gasteiger charge is 2.10. The molecule has 3 aromatic carbocycles. The average molecular weight is 435 g/mol. The Morgan fingerprint density at radius 2 is 1.88 bits per heavy atom. The molecule has 1 N–H and O–H groups in total. The van der Waals surface area contributed by atoms with Crippen molar-refractivity contribution in [3.05, 3.63) is 75.6 Å². The lowest BCUT2D eigenvalue weighted by Gasteiger charge is -2.17. The minimum absolute atomic E-state index is 0.140. The van der Waals surface area contributed by atoms with Gasteiger partial charge in [0.2, 0.25) is 0 Å². The zero-order chi connectivity index (χ0) is 16.9. The van der Waals surface area contributed by atoms with Crippen molar-refractivity contribution in [2.45, 2.75) is 12.5 Å². The van der Waals surface area contributed by atoms with Gasteiger partial charge in [0.1, 0.15) is 11.6 Å². The van der Waals surface area contributed by atoms with Crippen molar-refractivity contribution < 1.29 is 9.13 Å². The number of fused-ring (bicyclic) bond motifs is 1. The van der Waals surface area contributed by atoms with E-state index in [1.807, 2.05) is 31.3 Å². The van der Waals surface area contributed by atoms with Crippen LogP contribution >= 0.6 is 22.6 Å². The maximum atomic E-state index is 13.1. The van der Waals surface area contributed by atoms with Crippen LogP contribution < -0.4 is 10.1 Å². The third-order valence-electron chi connectivity index (χ3n) is 4.09. The largest absolute Gasteiger partial charge is 0.493 e. The van der Waals surface area contributed by atoms with Crippen molar-refractivity contribution >= 4 is 33.4 Å². The van der Waals surface area contributed by atoms with E-state index in [9.17, 15) is 4.39 Å². The molecular formula is C20H19FINO. The van der Waals surface area contributed by atoms with Crippen molar-refractivity contribution in [1.82, 2.24) is 5.32 Å². The smallest absolute Gasteiger partial charge is 0.127 e. The number of hydrogen-bond acceptors (Lipinski definition) is 2. The summed E-state index contributed by atoms with van der Waals surface area (Å²) in [6.45, 7) is 0.591. The Balaban J connectivity index is 1.68. The average Bonchev–Trinajstić information content (AvgIpc) is 2.59. The second-order valence-electron chi connectivity index (χ2n) is 5.65. The monoisotopic (exact) mass is 435 g/mol. The van der Waals surface area contributed by atoms with E-state index in [-0.39, 0.29) is 11.9 Å². The van der Waals surface area contributed by atoms with Crippen LogP contribution in [0.4, 0.5) is 4.39 Å². The summed E-state index contributed by atoms with van der Waals surface area (Å²) in [5.41, 5.74) is 1.06. The van der Waals surface area contributed by atoms with Crippen molar-refractivity contribution in [3.8, 4) is 5.75 Å². The van der Waals surface area contributed by atoms with E-state index in [4.69, 9.17) is 4.74 Å². The van der Waals surface area contributed by atoms with Crippen LogP contribution in [0.5, 0.6) is 5.75 Å². The van der Waals surface area contributed by atoms with E-state index in [0.717, 1.165) is 23.1 Å². The van der Waals surface area contributed by atoms with Gasteiger partial charge in [0, 0.05) is 21.4 Å². The first-order valence-electron chi connectivity index (χ1n) is 7.91. The van der Waals surface area contributed by atoms with Gasteiger partial charge in [-0.2, -0.15) is 0 Å². The fourth-order valence-corrected chi connectivity index (χ4v) is 3.33. The molecule has 0 aliphatic carbocycles. The summed E-state index contributed by atoms with van der Waals surface area (Å²) in [4.78, 5) is 0. The van der Waals surface area contributed by atoms with Crippen LogP contribution in [0.1, 0.15) is 18.0 Å². The summed E-state index contributed by atoms with van der Waals surface area (Å²) in [7, 11) is 1.91. The SMILES string of the molecule is CNC(CCOc1cccc2cc(I)ccc12)c1ccc(F)cc1. The number of hydrogen-bond donors (Lipinski definition) is 1. The Morgan fingerprint density at radius 1 is 1.08 bits per heavy atom. The Hall–Kier alpha value is -1.66. The van der Waals surface area contributed by atoms with Crippen molar-refractivity contribution in [2.24, 2.45) is 0 Å². The van der Waals surface area contributed by atoms with Crippen LogP contribution in [0.25, 0.3) is 10.8 Å². The summed E-state index contributed by atoms with van der Waals surface area (Å²) in [5.74, 6) is 0.688. The van der Waals surface area contributed by atoms with Crippen LogP contribution in [-0.4, -0.2) is 13.7 Å². The number of nitrogens with one attached hydrogen (secondary N) is 1. The fourth-order valence-electron chi connectivity index (χ4n) is 2.81. The lowest BCUT2D eigenvalue weighted by atomic mass is 10.0. The Morgan fingerprint density at radius 3 is 2.62 bits per heavy atom. The zero-order valence-corrected chi connectivity index (χ0v) is 15.6. The Kier molecular flexibility index (Phi) is 5.68. The standard InChI is InChI=1S/C20H19FINO/c1-23-19(14-5-7-16(21)8-6-14)11-12-24-20-4-2-3-15-13-17(22)9-10-18(15)20/h2-10,13,19,23H,11-12H2,1H3. The Bertz CT molecular complexity index is 819. The highest BCUT2D eigenvalue weighted by Crippen LogP contribution is 2.27. The molecule has 0 heterocycles. The molecule has 3 aromatic rings. The molecule has 0 amide bonds. The van der Waals surface area contributed by atoms with Gasteiger partial charge in [0.25, 0.3) is 0 Å². The molecule has 0 spiro atoms. The molecule has 0 aromatic heterocycles. The normalized spacial score (nSPS) is 12.3. The van der Waals surface area contributed by atoms with Crippen LogP contribution in [-0.2, 0) is 0 Å². The Labute approximate surface area is 155 Å². The highest BCUT2D eigenvalue weighted by atomic mass is 127. The van der Waals surface area contributed by atoms with Gasteiger partial charge < -0.3 is 10.1 Å². The first-order chi connectivity index (χ1) is 11.7. The molecule has 4 heteroatoms. The van der Waals surface area contributed by atoms with E-state index in [0.29, 0.717) is 6.61 Å². The maximum absolute atomic E-state index is 13.1. The molecule has 0 radical (unpaired) electrons. The van der Waals surface area contributed by atoms with Crippen LogP contribution in [0.3, 0.4) is 0 Å². The molecule has 1 atom stereocenters. The summed E-state index contributed by atoms with van der Waals surface area (Å²) in [6.07, 6.45) is 0.808. The van der Waals surface area contributed by atoms with Gasteiger partial charge in [0.05, 0.1) is 6.61 Å². The second-order valence-corrected chi connectivity index (χ2v) is 6.90. The first kappa shape index (κ1) is 17.2. The molecule has 0 fully saturated rings. The highest BCUT2D eigenvalue weighted by molar-refractivity contribution is 14.1. The zero-order valence-electron chi connectivity index (χ0n) is 13.4. The molecule has 0 saturated carbocycles. The number of benzene rings is 3. The van der Waals surface area contributed by atoms with Crippen LogP contribution in [0.15, 0.2) is 60.7 Å². The van der Waals surface area contributed by atoms with Gasteiger partial charge >= 0.3 is 0 Å². The molecule has 0 aliphatic heterocycles. The topological polar surface area (TPSA) is 21.3 Å². The summed E-state index contributed by atoms with van der Waals surface area (Å²) >= 11 is 2.31. The summed E-state index contributed by atoms with van der Waals surface area (Å²) in [5, 5.41) is 5.57. The minimum atomic E-state index is -0.213. The molecule has 2 nitrogen and oxygen atoms in total. The molecule has 0 aliphatic rings. The van der Waals surface area contributed by atoms with Crippen LogP contribution in [0, 0.1) is 9.39 Å². The number of halogens is 2. The van der Waals surface area contributed by atoms with E-state index < -0.39 is 0 Å². The van der Waals surface area contributed by atoms with E-state index in [1.54, 1.807) is 0 Å². The lowest BCUT2D eigenvalue weighted by Crippen LogP contribution is -2.19. The molecule has 24 heavy (non-hydrogen) atoms. The van der Waals surface area contributed by atoms with Crippen molar-refractivity contribution in [2.75, 3.05) is 13.7 Å². The predicted molar refractivity (Wildman–Crippen MR) is 105 cm³/mol. The van der Waals surface area contributed by atoms with Crippen LogP contribution in [0.2, 0.25) is 0 Å². The number of ether oxygens (including phenoxy) is 1. The first-order valence-corrected chi connectivity index (χ1v) is 8.99. The lowest BCUT2D eigenvalue weighted by molar-refractivity contribution is 0.293. The third kappa shape index (κ3) is 4.05. The van der Waals surface area contributed by atoms with Gasteiger partial charge in [-0.05, 0) is 77.0 Å². The molecule has 3 rings (SSSR count). The molecular weight excluding hydrogens is 416 g/mol. The molecule has 0 bridgehead atoms. The van der Waals surface area contributed by atoms with Gasteiger partial charge in [0.15, 0.2) is 0 Å². The maximum Gasteiger partial charge on any atom is 0.127 e. The minimum Gasteiger partial charge on any atom is -0.493 e. The van der Waals surface area contributed by atoms with Crippen molar-refractivity contribution in [1.29, 1.82) is 0 Å². The van der Waals surface area contributed by atoms with Gasteiger partial charge in [-0.15, -0.1) is 0 Å². The summed E-state index contributed by atoms with van der Waals surface area (Å²) in [6, 6.07) is 19.2. The fraction of sp³-hybridized carbons (Fsp3) is 0.200. The third-order valence-corrected chi connectivity index (χ3v) is 4.76. The number of rotatable bonds is 6. The van der Waals surface area contributed by atoms with E-state index in [2.05, 4.69) is 52.2 Å². The predicted octanol–water partition coefficient (Wildman–Crippen LogP) is 5.31. The van der Waals surface area contributed by atoms with E-state index in [1.165, 1.54) is 21.1 Å². The second kappa shape index (κ2) is 7.94. The van der Waals surface area contributed by atoms with E-state index >= 15 is 0 Å².